The Morgan fingerprint density at radius 2 is 1.85 bits per heavy atom. The van der Waals surface area contributed by atoms with Crippen molar-refractivity contribution in [3.05, 3.63) is 22.2 Å². The summed E-state index contributed by atoms with van der Waals surface area (Å²) < 4.78 is 6.93. The smallest absolute Gasteiger partial charge is 0.168 e. The van der Waals surface area contributed by atoms with Gasteiger partial charge in [0.15, 0.2) is 6.23 Å². The van der Waals surface area contributed by atoms with E-state index in [1.807, 2.05) is 22.9 Å². The monoisotopic (exact) mass is 434 g/mol. The molecule has 1 fully saturated rings. The third-order valence-corrected chi connectivity index (χ3v) is 4.83. The highest BCUT2D eigenvalue weighted by atomic mass is 127. The number of hydrogen-bond donors (Lipinski definition) is 4. The first-order valence-electron chi connectivity index (χ1n) is 5.68. The van der Waals surface area contributed by atoms with E-state index in [9.17, 15) is 10.2 Å². The van der Waals surface area contributed by atoms with Crippen LogP contribution in [0.2, 0.25) is 10.0 Å². The summed E-state index contributed by atoms with van der Waals surface area (Å²) >= 11 is 13.7. The van der Waals surface area contributed by atoms with Gasteiger partial charge in [0.05, 0.1) is 50.9 Å². The van der Waals surface area contributed by atoms with Gasteiger partial charge in [0.1, 0.15) is 18.3 Å². The van der Waals surface area contributed by atoms with Gasteiger partial charge in [-0.25, -0.2) is 0 Å². The molecule has 1 heterocycles. The SMILES string of the molecule is Nc1cc(Cl)c(Cl)cc1N(I)[C@@H]1O[C@H](CO)C(O)C1O. The summed E-state index contributed by atoms with van der Waals surface area (Å²) in [6.45, 7) is -0.393. The minimum Gasteiger partial charge on any atom is -0.397 e. The predicted molar refractivity (Wildman–Crippen MR) is 85.1 cm³/mol. The maximum absolute atomic E-state index is 9.97. The molecule has 20 heavy (non-hydrogen) atoms. The molecule has 0 aliphatic carbocycles. The van der Waals surface area contributed by atoms with E-state index in [2.05, 4.69) is 0 Å². The van der Waals surface area contributed by atoms with Crippen LogP contribution < -0.4 is 8.85 Å². The lowest BCUT2D eigenvalue weighted by atomic mass is 10.1. The third kappa shape index (κ3) is 2.94. The van der Waals surface area contributed by atoms with Crippen LogP contribution in [-0.2, 0) is 4.74 Å². The number of rotatable bonds is 3. The number of aliphatic hydroxyl groups excluding tert-OH is 3. The van der Waals surface area contributed by atoms with Crippen LogP contribution in [0, 0.1) is 0 Å². The lowest BCUT2D eigenvalue weighted by Gasteiger charge is -2.27. The lowest BCUT2D eigenvalue weighted by Crippen LogP contribution is -2.39. The zero-order valence-electron chi connectivity index (χ0n) is 10.1. The number of aliphatic hydroxyl groups is 3. The quantitative estimate of drug-likeness (QED) is 0.324. The van der Waals surface area contributed by atoms with E-state index in [1.165, 1.54) is 9.18 Å². The molecular formula is C11H13Cl2IN2O4. The van der Waals surface area contributed by atoms with Crippen molar-refractivity contribution in [3.8, 4) is 0 Å². The molecule has 112 valence electrons. The Morgan fingerprint density at radius 3 is 2.40 bits per heavy atom. The molecule has 5 N–H and O–H groups in total. The molecule has 9 heteroatoms. The van der Waals surface area contributed by atoms with Crippen LogP contribution >= 0.6 is 46.1 Å². The summed E-state index contributed by atoms with van der Waals surface area (Å²) in [5.74, 6) is 0. The number of nitrogen functional groups attached to an aromatic ring is 1. The maximum atomic E-state index is 9.97. The van der Waals surface area contributed by atoms with E-state index in [4.69, 9.17) is 38.8 Å². The second-order valence-corrected chi connectivity index (χ2v) is 6.22. The zero-order chi connectivity index (χ0) is 15.0. The Morgan fingerprint density at radius 1 is 1.25 bits per heavy atom. The molecule has 1 aliphatic heterocycles. The first-order chi connectivity index (χ1) is 9.36. The number of halogens is 3. The first-order valence-corrected chi connectivity index (χ1v) is 7.41. The van der Waals surface area contributed by atoms with Gasteiger partial charge in [-0.2, -0.15) is 0 Å². The predicted octanol–water partition coefficient (Wildman–Crippen LogP) is 1.17. The van der Waals surface area contributed by atoms with Crippen LogP contribution in [0.1, 0.15) is 0 Å². The Kier molecular flexibility index (Phi) is 5.22. The van der Waals surface area contributed by atoms with Crippen LogP contribution in [0.5, 0.6) is 0 Å². The molecule has 2 rings (SSSR count). The van der Waals surface area contributed by atoms with E-state index in [0.29, 0.717) is 21.4 Å². The van der Waals surface area contributed by atoms with Gasteiger partial charge in [-0.15, -0.1) is 0 Å². The summed E-state index contributed by atoms with van der Waals surface area (Å²) in [7, 11) is 0. The van der Waals surface area contributed by atoms with E-state index < -0.39 is 31.1 Å². The fourth-order valence-electron chi connectivity index (χ4n) is 1.94. The third-order valence-electron chi connectivity index (χ3n) is 3.04. The second kappa shape index (κ2) is 6.39. The summed E-state index contributed by atoms with van der Waals surface area (Å²) in [5, 5.41) is 29.4. The van der Waals surface area contributed by atoms with Crippen molar-refractivity contribution < 1.29 is 20.1 Å². The van der Waals surface area contributed by atoms with Gasteiger partial charge < -0.3 is 25.8 Å². The number of hydrogen-bond acceptors (Lipinski definition) is 6. The minimum absolute atomic E-state index is 0.310. The average Bonchev–Trinajstić information content (AvgIpc) is 2.69. The van der Waals surface area contributed by atoms with Gasteiger partial charge in [-0.05, 0) is 12.1 Å². The maximum Gasteiger partial charge on any atom is 0.168 e. The molecule has 0 amide bonds. The van der Waals surface area contributed by atoms with Gasteiger partial charge in [0.2, 0.25) is 0 Å². The summed E-state index contributed by atoms with van der Waals surface area (Å²) in [6, 6.07) is 3.03. The van der Waals surface area contributed by atoms with Gasteiger partial charge in [-0.1, -0.05) is 23.2 Å². The number of nitrogens with zero attached hydrogens (tertiary/aromatic N) is 1. The van der Waals surface area contributed by atoms with Crippen molar-refractivity contribution in [2.45, 2.75) is 24.5 Å². The van der Waals surface area contributed by atoms with Gasteiger partial charge in [0, 0.05) is 0 Å². The average molecular weight is 435 g/mol. The van der Waals surface area contributed by atoms with E-state index in [1.54, 1.807) is 6.07 Å². The standard InChI is InChI=1S/C11H13Cl2IN2O4/c12-4-1-6(15)7(2-5(4)13)16(14)11-10(19)9(18)8(3-17)20-11/h1-2,8-11,17-19H,3,15H2/t8-,9?,10?,11-/m1/s1. The molecule has 1 aromatic carbocycles. The summed E-state index contributed by atoms with van der Waals surface area (Å²) in [6.07, 6.45) is -4.07. The highest BCUT2D eigenvalue weighted by molar-refractivity contribution is 14.1. The van der Waals surface area contributed by atoms with Crippen molar-refractivity contribution in [2.75, 3.05) is 15.5 Å². The fraction of sp³-hybridized carbons (Fsp3) is 0.455. The number of nitrogens with two attached hydrogens (primary N) is 1. The van der Waals surface area contributed by atoms with E-state index in [0.717, 1.165) is 0 Å². The molecule has 0 radical (unpaired) electrons. The molecule has 2 unspecified atom stereocenters. The normalized spacial score (nSPS) is 29.7. The van der Waals surface area contributed by atoms with E-state index in [-0.39, 0.29) is 0 Å². The molecule has 0 aromatic heterocycles. The number of ether oxygens (including phenoxy) is 1. The Labute approximate surface area is 139 Å². The zero-order valence-corrected chi connectivity index (χ0v) is 13.7. The molecule has 1 aromatic rings. The van der Waals surface area contributed by atoms with Crippen molar-refractivity contribution in [2.24, 2.45) is 0 Å². The van der Waals surface area contributed by atoms with Crippen LogP contribution in [0.4, 0.5) is 11.4 Å². The van der Waals surface area contributed by atoms with Gasteiger partial charge in [0.25, 0.3) is 0 Å². The topological polar surface area (TPSA) is 99.2 Å². The van der Waals surface area contributed by atoms with Crippen molar-refractivity contribution in [3.63, 3.8) is 0 Å². The number of benzene rings is 1. The number of anilines is 2. The molecular weight excluding hydrogens is 422 g/mol. The van der Waals surface area contributed by atoms with Crippen LogP contribution in [-0.4, -0.2) is 46.5 Å². The minimum atomic E-state index is -1.18. The van der Waals surface area contributed by atoms with E-state index >= 15 is 0 Å². The highest BCUT2D eigenvalue weighted by Gasteiger charge is 2.45. The Hall–Kier alpha value is -0.0300. The fourth-order valence-corrected chi connectivity index (χ4v) is 3.15. The second-order valence-electron chi connectivity index (χ2n) is 4.37. The van der Waals surface area contributed by atoms with Crippen LogP contribution in [0.15, 0.2) is 12.1 Å². The van der Waals surface area contributed by atoms with Gasteiger partial charge in [-0.3, -0.25) is 3.11 Å². The molecule has 1 aliphatic rings. The molecule has 4 atom stereocenters. The molecule has 6 nitrogen and oxygen atoms in total. The van der Waals surface area contributed by atoms with Crippen molar-refractivity contribution in [1.29, 1.82) is 0 Å². The molecule has 0 bridgehead atoms. The summed E-state index contributed by atoms with van der Waals surface area (Å²) in [4.78, 5) is 0. The molecule has 1 saturated heterocycles. The largest absolute Gasteiger partial charge is 0.397 e. The first kappa shape index (κ1) is 16.3. The van der Waals surface area contributed by atoms with Crippen LogP contribution in [0.3, 0.4) is 0 Å². The van der Waals surface area contributed by atoms with Crippen molar-refractivity contribution in [1.82, 2.24) is 0 Å². The van der Waals surface area contributed by atoms with Gasteiger partial charge >= 0.3 is 0 Å². The Bertz CT molecular complexity index is 508. The Balaban J connectivity index is 2.28. The molecule has 0 saturated carbocycles. The van der Waals surface area contributed by atoms with Crippen molar-refractivity contribution >= 4 is 57.4 Å². The lowest BCUT2D eigenvalue weighted by molar-refractivity contribution is -0.0174. The summed E-state index contributed by atoms with van der Waals surface area (Å²) in [5.41, 5.74) is 6.72. The highest BCUT2D eigenvalue weighted by Crippen LogP contribution is 2.38. The van der Waals surface area contributed by atoms with Crippen LogP contribution in [0.25, 0.3) is 0 Å². The molecule has 0 spiro atoms.